The largest absolute Gasteiger partial charge is 0.453 e. The Hall–Kier alpha value is -2.18. The summed E-state index contributed by atoms with van der Waals surface area (Å²) in [6, 6.07) is 1.49. The van der Waals surface area contributed by atoms with Gasteiger partial charge in [-0.05, 0) is 6.07 Å². The van der Waals surface area contributed by atoms with E-state index in [2.05, 4.69) is 31.5 Å². The molecule has 0 aliphatic rings. The van der Waals surface area contributed by atoms with Crippen molar-refractivity contribution in [2.45, 2.75) is 0 Å². The highest BCUT2D eigenvalue weighted by Crippen LogP contribution is 2.11. The lowest BCUT2D eigenvalue weighted by atomic mass is 10.4. The topological polar surface area (TPSA) is 81.4 Å². The first-order chi connectivity index (χ1) is 6.81. The van der Waals surface area contributed by atoms with E-state index in [9.17, 15) is 4.79 Å². The smallest absolute Gasteiger partial charge is 0.411 e. The van der Waals surface area contributed by atoms with Gasteiger partial charge in [-0.3, -0.25) is 5.32 Å². The van der Waals surface area contributed by atoms with Crippen LogP contribution in [0.15, 0.2) is 12.4 Å². The summed E-state index contributed by atoms with van der Waals surface area (Å²) in [7, 11) is 1.28. The molecule has 0 saturated carbocycles. The van der Waals surface area contributed by atoms with Crippen LogP contribution in [0.1, 0.15) is 0 Å². The molecule has 0 spiro atoms. The van der Waals surface area contributed by atoms with Gasteiger partial charge in [0.15, 0.2) is 0 Å². The van der Waals surface area contributed by atoms with Crippen LogP contribution in [0.3, 0.4) is 0 Å². The Morgan fingerprint density at radius 1 is 1.71 bits per heavy atom. The molecule has 0 aliphatic carbocycles. The molecule has 0 atom stereocenters. The number of hydrogen-bond donors (Lipinski definition) is 1. The number of aromatic nitrogens is 4. The number of nitrogens with zero attached hydrogens (tertiary/aromatic N) is 4. The second-order valence-corrected chi connectivity index (χ2v) is 2.40. The van der Waals surface area contributed by atoms with Crippen molar-refractivity contribution in [3.63, 3.8) is 0 Å². The second kappa shape index (κ2) is 3.29. The molecule has 2 rings (SSSR count). The lowest BCUT2D eigenvalue weighted by Crippen LogP contribution is -2.12. The second-order valence-electron chi connectivity index (χ2n) is 2.40. The Balaban J connectivity index is 2.41. The summed E-state index contributed by atoms with van der Waals surface area (Å²) in [4.78, 5) is 10.9. The molecule has 71 valence electrons. The highest BCUT2D eigenvalue weighted by Gasteiger charge is 2.07. The van der Waals surface area contributed by atoms with Crippen molar-refractivity contribution in [1.82, 2.24) is 19.8 Å². The molecule has 2 aromatic rings. The summed E-state index contributed by atoms with van der Waals surface area (Å²) in [6.07, 6.45) is 3.42. The van der Waals surface area contributed by atoms with Gasteiger partial charge in [-0.2, -0.15) is 9.61 Å². The highest BCUT2D eigenvalue weighted by molar-refractivity contribution is 5.88. The number of nitrogens with one attached hydrogen (secondary N) is 1. The molecule has 1 radical (unpaired) electrons. The molecule has 2 heterocycles. The van der Waals surface area contributed by atoms with Crippen LogP contribution in [0.5, 0.6) is 0 Å². The van der Waals surface area contributed by atoms with Crippen molar-refractivity contribution in [2.75, 3.05) is 12.4 Å². The van der Waals surface area contributed by atoms with Gasteiger partial charge >= 0.3 is 6.09 Å². The van der Waals surface area contributed by atoms with Crippen LogP contribution in [0.2, 0.25) is 0 Å². The first-order valence-electron chi connectivity index (χ1n) is 3.73. The van der Waals surface area contributed by atoms with E-state index in [1.165, 1.54) is 24.0 Å². The molecule has 0 aliphatic heterocycles. The van der Waals surface area contributed by atoms with Gasteiger partial charge in [0.1, 0.15) is 12.5 Å². The molecule has 0 aromatic carbocycles. The number of carbonyl (C=O) groups excluding carboxylic acids is 1. The average Bonchev–Trinajstić information content (AvgIpc) is 2.66. The van der Waals surface area contributed by atoms with Gasteiger partial charge in [-0.1, -0.05) is 0 Å². The Bertz CT molecular complexity index is 466. The fourth-order valence-electron chi connectivity index (χ4n) is 0.954. The van der Waals surface area contributed by atoms with E-state index in [0.29, 0.717) is 11.3 Å². The van der Waals surface area contributed by atoms with E-state index in [1.54, 1.807) is 0 Å². The molecule has 2 aromatic heterocycles. The van der Waals surface area contributed by atoms with Crippen LogP contribution in [-0.2, 0) is 4.74 Å². The molecular formula is C7H6N5O2. The summed E-state index contributed by atoms with van der Waals surface area (Å²) in [6.45, 7) is 0. The van der Waals surface area contributed by atoms with Gasteiger partial charge in [0.05, 0.1) is 12.8 Å². The average molecular weight is 192 g/mol. The molecule has 0 fully saturated rings. The quantitative estimate of drug-likeness (QED) is 0.693. The van der Waals surface area contributed by atoms with Crippen molar-refractivity contribution in [2.24, 2.45) is 0 Å². The normalized spacial score (nSPS) is 10.1. The summed E-state index contributed by atoms with van der Waals surface area (Å²) in [5.74, 6) is 0. The monoisotopic (exact) mass is 192 g/mol. The number of amides is 1. The zero-order valence-corrected chi connectivity index (χ0v) is 7.26. The maximum atomic E-state index is 10.9. The summed E-state index contributed by atoms with van der Waals surface area (Å²) in [5.41, 5.74) is 0.888. The maximum absolute atomic E-state index is 10.9. The molecule has 14 heavy (non-hydrogen) atoms. The Morgan fingerprint density at radius 2 is 2.57 bits per heavy atom. The molecule has 0 unspecified atom stereocenters. The number of methoxy groups -OCH3 is 1. The van der Waals surface area contributed by atoms with Crippen molar-refractivity contribution in [3.05, 3.63) is 18.6 Å². The molecule has 7 nitrogen and oxygen atoms in total. The fraction of sp³-hybridized carbons (Fsp3) is 0.143. The zero-order chi connectivity index (χ0) is 9.97. The minimum absolute atomic E-state index is 0.439. The van der Waals surface area contributed by atoms with Gasteiger partial charge in [0.2, 0.25) is 5.65 Å². The summed E-state index contributed by atoms with van der Waals surface area (Å²) >= 11 is 0. The van der Waals surface area contributed by atoms with Crippen LogP contribution in [0, 0.1) is 6.20 Å². The third-order valence-corrected chi connectivity index (χ3v) is 1.57. The van der Waals surface area contributed by atoms with Gasteiger partial charge in [-0.15, -0.1) is 10.2 Å². The van der Waals surface area contributed by atoms with Crippen LogP contribution in [0.25, 0.3) is 5.65 Å². The predicted molar refractivity (Wildman–Crippen MR) is 45.6 cm³/mol. The van der Waals surface area contributed by atoms with E-state index in [-0.39, 0.29) is 0 Å². The molecular weight excluding hydrogens is 186 g/mol. The first kappa shape index (κ1) is 8.42. The molecule has 1 N–H and O–H groups in total. The van der Waals surface area contributed by atoms with Crippen LogP contribution in [0.4, 0.5) is 10.5 Å². The van der Waals surface area contributed by atoms with E-state index in [0.717, 1.165) is 0 Å². The van der Waals surface area contributed by atoms with Crippen LogP contribution in [-0.4, -0.2) is 33.0 Å². The van der Waals surface area contributed by atoms with E-state index in [4.69, 9.17) is 0 Å². The standard InChI is InChI=1S/C7H6N5O2/c1-14-7(13)10-5-2-3-9-12-4-8-11-6(5)12/h2,4H,1H3,(H,10,13). The minimum atomic E-state index is -0.575. The van der Waals surface area contributed by atoms with Crippen molar-refractivity contribution in [1.29, 1.82) is 0 Å². The van der Waals surface area contributed by atoms with Crippen molar-refractivity contribution in [3.8, 4) is 0 Å². The van der Waals surface area contributed by atoms with E-state index in [1.807, 2.05) is 0 Å². The van der Waals surface area contributed by atoms with Crippen molar-refractivity contribution >= 4 is 17.4 Å². The summed E-state index contributed by atoms with van der Waals surface area (Å²) < 4.78 is 5.83. The first-order valence-corrected chi connectivity index (χ1v) is 3.73. The fourth-order valence-corrected chi connectivity index (χ4v) is 0.954. The number of hydrogen-bond acceptors (Lipinski definition) is 5. The zero-order valence-electron chi connectivity index (χ0n) is 7.26. The number of fused-ring (bicyclic) bond motifs is 1. The third-order valence-electron chi connectivity index (χ3n) is 1.57. The number of rotatable bonds is 1. The highest BCUT2D eigenvalue weighted by atomic mass is 16.5. The minimum Gasteiger partial charge on any atom is -0.453 e. The lowest BCUT2D eigenvalue weighted by Gasteiger charge is -2.02. The van der Waals surface area contributed by atoms with Gasteiger partial charge in [0, 0.05) is 0 Å². The number of anilines is 1. The molecule has 0 saturated heterocycles. The van der Waals surface area contributed by atoms with E-state index < -0.39 is 6.09 Å². The predicted octanol–water partition coefficient (Wildman–Crippen LogP) is 0.103. The van der Waals surface area contributed by atoms with Gasteiger partial charge < -0.3 is 4.74 Å². The number of carbonyl (C=O) groups is 1. The van der Waals surface area contributed by atoms with Crippen molar-refractivity contribution < 1.29 is 9.53 Å². The Kier molecular flexibility index (Phi) is 1.98. The van der Waals surface area contributed by atoms with Gasteiger partial charge in [0.25, 0.3) is 0 Å². The van der Waals surface area contributed by atoms with Crippen LogP contribution >= 0.6 is 0 Å². The van der Waals surface area contributed by atoms with Gasteiger partial charge in [-0.25, -0.2) is 4.79 Å². The third kappa shape index (κ3) is 1.35. The Morgan fingerprint density at radius 3 is 3.36 bits per heavy atom. The lowest BCUT2D eigenvalue weighted by molar-refractivity contribution is 0.187. The number of ether oxygens (including phenoxy) is 1. The molecule has 0 bridgehead atoms. The molecule has 1 amide bonds. The maximum Gasteiger partial charge on any atom is 0.411 e. The molecule has 7 heteroatoms. The Labute approximate surface area is 78.7 Å². The summed E-state index contributed by atoms with van der Waals surface area (Å²) in [5, 5.41) is 13.7. The van der Waals surface area contributed by atoms with E-state index >= 15 is 0 Å². The SMILES string of the molecule is COC(=O)Nc1c[c]nn2cnnc12. The van der Waals surface area contributed by atoms with Crippen LogP contribution < -0.4 is 5.32 Å².